The second kappa shape index (κ2) is 14.0. The Labute approximate surface area is 361 Å². The number of hydrogen-bond acceptors (Lipinski definition) is 5. The van der Waals surface area contributed by atoms with Crippen molar-refractivity contribution in [3.05, 3.63) is 212 Å². The molecular formula is C56H36N6O. The molecule has 1 N–H and O–H groups in total. The lowest BCUT2D eigenvalue weighted by Crippen LogP contribution is -2.15. The van der Waals surface area contributed by atoms with Crippen molar-refractivity contribution in [2.75, 3.05) is 0 Å². The van der Waals surface area contributed by atoms with E-state index in [2.05, 4.69) is 171 Å². The van der Waals surface area contributed by atoms with Crippen LogP contribution in [0.3, 0.4) is 0 Å². The van der Waals surface area contributed by atoms with Gasteiger partial charge in [-0.15, -0.1) is 0 Å². The summed E-state index contributed by atoms with van der Waals surface area (Å²) in [4.78, 5) is 14.6. The number of nitrogens with one attached hydrogen (secondary N) is 1. The van der Waals surface area contributed by atoms with Gasteiger partial charge in [-0.25, -0.2) is 0 Å². The van der Waals surface area contributed by atoms with E-state index in [0.717, 1.165) is 105 Å². The lowest BCUT2D eigenvalue weighted by Gasteiger charge is -2.20. The second-order valence-electron chi connectivity index (χ2n) is 16.0. The van der Waals surface area contributed by atoms with Crippen LogP contribution < -0.4 is 5.32 Å². The first kappa shape index (κ1) is 35.2. The predicted octanol–water partition coefficient (Wildman–Crippen LogP) is 13.7. The Morgan fingerprint density at radius 1 is 0.476 bits per heavy atom. The minimum atomic E-state index is 0.0957. The fraction of sp³-hybridized carbons (Fsp3) is 0.0179. The Morgan fingerprint density at radius 3 is 1.94 bits per heavy atom. The van der Waals surface area contributed by atoms with Gasteiger partial charge < -0.3 is 18.9 Å². The maximum absolute atomic E-state index is 6.85. The van der Waals surface area contributed by atoms with Gasteiger partial charge in [0.1, 0.15) is 5.58 Å². The van der Waals surface area contributed by atoms with E-state index in [9.17, 15) is 0 Å². The predicted molar refractivity (Wildman–Crippen MR) is 256 cm³/mol. The molecule has 13 rings (SSSR count). The topological polar surface area (TPSA) is 73.7 Å². The highest BCUT2D eigenvalue weighted by atomic mass is 16.3. The number of hydrogen-bond donors (Lipinski definition) is 1. The zero-order chi connectivity index (χ0) is 41.4. The fourth-order valence-electron chi connectivity index (χ4n) is 9.78. The van der Waals surface area contributed by atoms with Crippen molar-refractivity contribution in [2.45, 2.75) is 6.04 Å². The molecule has 1 aliphatic heterocycles. The number of nitrogens with zero attached hydrogens (tertiary/aromatic N) is 5. The smallest absolute Gasteiger partial charge is 0.159 e. The molecule has 63 heavy (non-hydrogen) atoms. The van der Waals surface area contributed by atoms with Gasteiger partial charge in [-0.05, 0) is 125 Å². The molecule has 0 saturated heterocycles. The van der Waals surface area contributed by atoms with Gasteiger partial charge in [0.15, 0.2) is 5.58 Å². The standard InChI is InChI=1S/C56H36N6O/c1-3-14-40(46-17-5-7-28-57-46)38(12-1)35-22-25-48-44(32-35)54-50(20-10-30-59-54)61(48)37-24-27-53-43(34-37)42-16-9-19-52(56(42)63-53)62-49-26-23-36(33-45(49)55-51(62)21-11-31-60-55)39-13-2-4-15-41(39)47-18-6-8-29-58-47/h1-34,47,58H. The summed E-state index contributed by atoms with van der Waals surface area (Å²) in [5.41, 5.74) is 17.6. The van der Waals surface area contributed by atoms with Crippen molar-refractivity contribution in [1.29, 1.82) is 0 Å². The third kappa shape index (κ3) is 5.50. The molecule has 7 heterocycles. The van der Waals surface area contributed by atoms with Crippen LogP contribution >= 0.6 is 0 Å². The summed E-state index contributed by atoms with van der Waals surface area (Å²) in [5, 5.41) is 7.77. The summed E-state index contributed by atoms with van der Waals surface area (Å²) < 4.78 is 11.5. The number of rotatable bonds is 6. The van der Waals surface area contributed by atoms with E-state index in [4.69, 9.17) is 14.4 Å². The molecule has 1 atom stereocenters. The van der Waals surface area contributed by atoms with Gasteiger partial charge in [0.2, 0.25) is 0 Å². The van der Waals surface area contributed by atoms with Gasteiger partial charge in [-0.1, -0.05) is 91.0 Å². The van der Waals surface area contributed by atoms with E-state index in [0.29, 0.717) is 0 Å². The molecular weight excluding hydrogens is 773 g/mol. The minimum Gasteiger partial charge on any atom is -0.454 e. The van der Waals surface area contributed by atoms with Crippen LogP contribution in [-0.2, 0) is 0 Å². The zero-order valence-corrected chi connectivity index (χ0v) is 33.9. The lowest BCUT2D eigenvalue weighted by atomic mass is 9.93. The molecule has 12 aromatic rings. The zero-order valence-electron chi connectivity index (χ0n) is 33.9. The van der Waals surface area contributed by atoms with Crippen molar-refractivity contribution in [2.24, 2.45) is 0 Å². The van der Waals surface area contributed by atoms with Gasteiger partial charge in [0, 0.05) is 51.4 Å². The summed E-state index contributed by atoms with van der Waals surface area (Å²) in [6.07, 6.45) is 13.9. The van der Waals surface area contributed by atoms with Crippen LogP contribution in [0.4, 0.5) is 0 Å². The summed E-state index contributed by atoms with van der Waals surface area (Å²) in [7, 11) is 0. The highest BCUT2D eigenvalue weighted by Gasteiger charge is 2.22. The van der Waals surface area contributed by atoms with Gasteiger partial charge in [-0.2, -0.15) is 0 Å². The minimum absolute atomic E-state index is 0.0957. The Bertz CT molecular complexity index is 3850. The van der Waals surface area contributed by atoms with Gasteiger partial charge >= 0.3 is 0 Å². The molecule has 0 amide bonds. The summed E-state index contributed by atoms with van der Waals surface area (Å²) in [6.45, 7) is 0. The second-order valence-corrected chi connectivity index (χ2v) is 16.0. The van der Waals surface area contributed by atoms with Crippen LogP contribution in [0.5, 0.6) is 0 Å². The van der Waals surface area contributed by atoms with E-state index in [1.807, 2.05) is 55.1 Å². The highest BCUT2D eigenvalue weighted by Crippen LogP contribution is 2.42. The Kier molecular flexibility index (Phi) is 7.83. The average molecular weight is 809 g/mol. The molecule has 1 unspecified atom stereocenters. The number of pyridine rings is 3. The lowest BCUT2D eigenvalue weighted by molar-refractivity contribution is 0.666. The third-order valence-corrected chi connectivity index (χ3v) is 12.6. The average Bonchev–Trinajstić information content (AvgIpc) is 4.01. The highest BCUT2D eigenvalue weighted by molar-refractivity contribution is 6.13. The van der Waals surface area contributed by atoms with Crippen LogP contribution in [-0.4, -0.2) is 24.1 Å². The molecule has 0 saturated carbocycles. The van der Waals surface area contributed by atoms with Crippen LogP contribution in [0, 0.1) is 0 Å². The molecule has 6 aromatic carbocycles. The number of fused-ring (bicyclic) bond motifs is 9. The molecule has 0 aliphatic carbocycles. The summed E-state index contributed by atoms with van der Waals surface area (Å²) >= 11 is 0. The first-order chi connectivity index (χ1) is 31.3. The van der Waals surface area contributed by atoms with Gasteiger partial charge in [0.25, 0.3) is 0 Å². The van der Waals surface area contributed by atoms with Crippen molar-refractivity contribution in [3.8, 4) is 44.9 Å². The largest absolute Gasteiger partial charge is 0.454 e. The maximum Gasteiger partial charge on any atom is 0.159 e. The van der Waals surface area contributed by atoms with Crippen molar-refractivity contribution in [3.63, 3.8) is 0 Å². The number of para-hydroxylation sites is 1. The third-order valence-electron chi connectivity index (χ3n) is 12.6. The normalized spacial score (nSPS) is 13.9. The van der Waals surface area contributed by atoms with Gasteiger partial charge in [0.05, 0.1) is 50.5 Å². The first-order valence-corrected chi connectivity index (χ1v) is 21.2. The molecule has 7 heteroatoms. The fourth-order valence-corrected chi connectivity index (χ4v) is 9.78. The molecule has 7 nitrogen and oxygen atoms in total. The number of furan rings is 1. The molecule has 0 fully saturated rings. The monoisotopic (exact) mass is 808 g/mol. The number of benzene rings is 6. The summed E-state index contributed by atoms with van der Waals surface area (Å²) in [6, 6.07) is 58.0. The van der Waals surface area contributed by atoms with E-state index in [-0.39, 0.29) is 6.04 Å². The Morgan fingerprint density at radius 2 is 1.17 bits per heavy atom. The van der Waals surface area contributed by atoms with Crippen LogP contribution in [0.15, 0.2) is 211 Å². The van der Waals surface area contributed by atoms with Gasteiger partial charge in [-0.3, -0.25) is 15.0 Å². The van der Waals surface area contributed by atoms with Crippen molar-refractivity contribution in [1.82, 2.24) is 29.4 Å². The number of aromatic nitrogens is 5. The van der Waals surface area contributed by atoms with E-state index in [1.165, 1.54) is 11.1 Å². The molecule has 6 aromatic heterocycles. The molecule has 0 radical (unpaired) electrons. The van der Waals surface area contributed by atoms with Crippen molar-refractivity contribution >= 4 is 65.8 Å². The number of allylic oxidation sites excluding steroid dienone is 2. The van der Waals surface area contributed by atoms with Crippen LogP contribution in [0.25, 0.3) is 111 Å². The quantitative estimate of drug-likeness (QED) is 0.181. The first-order valence-electron chi connectivity index (χ1n) is 21.2. The van der Waals surface area contributed by atoms with E-state index >= 15 is 0 Å². The van der Waals surface area contributed by atoms with Crippen molar-refractivity contribution < 1.29 is 4.42 Å². The van der Waals surface area contributed by atoms with Crippen LogP contribution in [0.2, 0.25) is 0 Å². The number of dihydropyridines is 1. The maximum atomic E-state index is 6.85. The SMILES string of the molecule is C1=CNC(c2ccccc2-c2ccc3c(c2)c2ncccc2n3-c2cccc3c2oc2ccc(-n4c5ccc(-c6ccccc6-c6ccccn6)cc5c5ncccc54)cc23)C=C1. The molecule has 1 aliphatic rings. The molecule has 0 bridgehead atoms. The summed E-state index contributed by atoms with van der Waals surface area (Å²) in [5.74, 6) is 0. The van der Waals surface area contributed by atoms with Crippen LogP contribution in [0.1, 0.15) is 11.6 Å². The molecule has 0 spiro atoms. The van der Waals surface area contributed by atoms with E-state index in [1.54, 1.807) is 0 Å². The Balaban J connectivity index is 0.954. The molecule has 296 valence electrons. The Hall–Kier alpha value is -8.55. The van der Waals surface area contributed by atoms with E-state index < -0.39 is 0 Å².